The summed E-state index contributed by atoms with van der Waals surface area (Å²) in [6.07, 6.45) is 0.828. The molecule has 1 aliphatic heterocycles. The molecule has 2 heterocycles. The number of anilines is 1. The Labute approximate surface area is 186 Å². The van der Waals surface area contributed by atoms with Gasteiger partial charge in [-0.25, -0.2) is 8.42 Å². The average Bonchev–Trinajstić information content (AvgIpc) is 3.23. The van der Waals surface area contributed by atoms with Crippen molar-refractivity contribution in [1.82, 2.24) is 4.90 Å². The highest BCUT2D eigenvalue weighted by molar-refractivity contribution is 7.92. The number of rotatable bonds is 6. The predicted molar refractivity (Wildman–Crippen MR) is 122 cm³/mol. The summed E-state index contributed by atoms with van der Waals surface area (Å²) in [4.78, 5) is 16.3. The first-order valence-electron chi connectivity index (χ1n) is 10.1. The van der Waals surface area contributed by atoms with Crippen LogP contribution in [0.15, 0.2) is 58.8 Å². The molecule has 4 rings (SSSR count). The van der Waals surface area contributed by atoms with E-state index in [-0.39, 0.29) is 10.8 Å². The summed E-state index contributed by atoms with van der Waals surface area (Å²) in [5, 5.41) is 2.05. The van der Waals surface area contributed by atoms with Gasteiger partial charge in [-0.2, -0.15) is 0 Å². The Hall–Kier alpha value is -2.84. The van der Waals surface area contributed by atoms with Gasteiger partial charge in [-0.3, -0.25) is 9.52 Å². The first-order valence-corrected chi connectivity index (χ1v) is 12.4. The van der Waals surface area contributed by atoms with Gasteiger partial charge in [0.15, 0.2) is 0 Å². The van der Waals surface area contributed by atoms with E-state index in [1.165, 1.54) is 22.6 Å². The highest BCUT2D eigenvalue weighted by atomic mass is 32.2. The van der Waals surface area contributed by atoms with Crippen LogP contribution in [0.3, 0.4) is 0 Å². The normalized spacial score (nSPS) is 13.5. The third kappa shape index (κ3) is 4.60. The number of hydrogen-bond donors (Lipinski definition) is 1. The molecule has 2 aromatic carbocycles. The Kier molecular flexibility index (Phi) is 6.02. The summed E-state index contributed by atoms with van der Waals surface area (Å²) in [5.41, 5.74) is 2.76. The minimum atomic E-state index is -3.84. The first kappa shape index (κ1) is 21.4. The van der Waals surface area contributed by atoms with Crippen molar-refractivity contribution < 1.29 is 17.9 Å². The minimum Gasteiger partial charge on any atom is -0.494 e. The van der Waals surface area contributed by atoms with Crippen molar-refractivity contribution in [2.24, 2.45) is 0 Å². The van der Waals surface area contributed by atoms with E-state index in [9.17, 15) is 13.2 Å². The zero-order valence-electron chi connectivity index (χ0n) is 17.4. The van der Waals surface area contributed by atoms with Crippen LogP contribution in [0, 0.1) is 6.92 Å². The number of sulfonamides is 1. The molecular weight excluding hydrogens is 432 g/mol. The van der Waals surface area contributed by atoms with E-state index in [0.717, 1.165) is 12.0 Å². The summed E-state index contributed by atoms with van der Waals surface area (Å²) in [5.74, 6) is 0.524. The van der Waals surface area contributed by atoms with E-state index in [2.05, 4.69) is 4.72 Å². The number of nitrogens with one attached hydrogen (secondary N) is 1. The number of benzene rings is 2. The lowest BCUT2D eigenvalue weighted by atomic mass is 10.0. The molecule has 3 aromatic rings. The van der Waals surface area contributed by atoms with E-state index < -0.39 is 10.0 Å². The van der Waals surface area contributed by atoms with Crippen molar-refractivity contribution in [3.05, 3.63) is 75.5 Å². The number of thiophene rings is 1. The van der Waals surface area contributed by atoms with E-state index in [1.807, 2.05) is 25.3 Å². The van der Waals surface area contributed by atoms with Crippen molar-refractivity contribution >= 4 is 33.0 Å². The SMILES string of the molecule is CCOc1ccc(NS(=O)(=O)c2ccc(C)c(C(=O)N3CCc4sccc4C3)c2)cc1. The second-order valence-electron chi connectivity index (χ2n) is 7.39. The molecular formula is C23H24N2O4S2. The molecule has 0 spiro atoms. The highest BCUT2D eigenvalue weighted by Crippen LogP contribution is 2.27. The molecule has 1 amide bonds. The molecule has 0 radical (unpaired) electrons. The van der Waals surface area contributed by atoms with Gasteiger partial charge in [0.1, 0.15) is 5.75 Å². The average molecular weight is 457 g/mol. The van der Waals surface area contributed by atoms with Crippen LogP contribution < -0.4 is 9.46 Å². The molecule has 8 heteroatoms. The van der Waals surface area contributed by atoms with Gasteiger partial charge in [-0.15, -0.1) is 11.3 Å². The molecule has 6 nitrogen and oxygen atoms in total. The molecule has 1 aliphatic rings. The van der Waals surface area contributed by atoms with E-state index in [4.69, 9.17) is 4.74 Å². The monoisotopic (exact) mass is 456 g/mol. The van der Waals surface area contributed by atoms with Crippen LogP contribution in [0.4, 0.5) is 5.69 Å². The van der Waals surface area contributed by atoms with Crippen LogP contribution in [-0.4, -0.2) is 32.4 Å². The lowest BCUT2D eigenvalue weighted by Gasteiger charge is -2.27. The predicted octanol–water partition coefficient (Wildman–Crippen LogP) is 4.45. The van der Waals surface area contributed by atoms with Crippen LogP contribution in [-0.2, 0) is 23.0 Å². The van der Waals surface area contributed by atoms with Crippen LogP contribution in [0.25, 0.3) is 0 Å². The molecule has 1 aromatic heterocycles. The summed E-state index contributed by atoms with van der Waals surface area (Å²) in [7, 11) is -3.84. The fourth-order valence-electron chi connectivity index (χ4n) is 3.59. The first-order chi connectivity index (χ1) is 14.9. The van der Waals surface area contributed by atoms with E-state index >= 15 is 0 Å². The van der Waals surface area contributed by atoms with E-state index in [0.29, 0.717) is 36.7 Å². The fraction of sp³-hybridized carbons (Fsp3) is 0.261. The Balaban J connectivity index is 1.56. The molecule has 0 saturated carbocycles. The maximum Gasteiger partial charge on any atom is 0.261 e. The number of nitrogens with zero attached hydrogens (tertiary/aromatic N) is 1. The third-order valence-corrected chi connectivity index (χ3v) is 7.66. The third-order valence-electron chi connectivity index (χ3n) is 5.26. The van der Waals surface area contributed by atoms with E-state index in [1.54, 1.807) is 46.6 Å². The zero-order valence-corrected chi connectivity index (χ0v) is 19.1. The number of amides is 1. The number of fused-ring (bicyclic) bond motifs is 1. The molecule has 0 aliphatic carbocycles. The second-order valence-corrected chi connectivity index (χ2v) is 10.1. The molecule has 0 bridgehead atoms. The number of aryl methyl sites for hydroxylation is 1. The number of ether oxygens (including phenoxy) is 1. The summed E-state index contributed by atoms with van der Waals surface area (Å²) in [6, 6.07) is 13.4. The highest BCUT2D eigenvalue weighted by Gasteiger charge is 2.25. The van der Waals surface area contributed by atoms with Gasteiger partial charge >= 0.3 is 0 Å². The summed E-state index contributed by atoms with van der Waals surface area (Å²) >= 11 is 1.71. The summed E-state index contributed by atoms with van der Waals surface area (Å²) < 4.78 is 33.8. The Morgan fingerprint density at radius 3 is 2.68 bits per heavy atom. The van der Waals surface area contributed by atoms with Crippen molar-refractivity contribution in [3.63, 3.8) is 0 Å². The minimum absolute atomic E-state index is 0.0589. The van der Waals surface area contributed by atoms with Gasteiger partial charge in [-0.1, -0.05) is 6.07 Å². The zero-order chi connectivity index (χ0) is 22.0. The second kappa shape index (κ2) is 8.72. The smallest absolute Gasteiger partial charge is 0.261 e. The van der Waals surface area contributed by atoms with Gasteiger partial charge in [0.2, 0.25) is 0 Å². The molecule has 162 valence electrons. The van der Waals surface area contributed by atoms with Crippen molar-refractivity contribution in [1.29, 1.82) is 0 Å². The summed E-state index contributed by atoms with van der Waals surface area (Å²) in [6.45, 7) is 5.43. The van der Waals surface area contributed by atoms with Crippen molar-refractivity contribution in [2.45, 2.75) is 31.7 Å². The Morgan fingerprint density at radius 1 is 1.16 bits per heavy atom. The number of hydrogen-bond acceptors (Lipinski definition) is 5. The number of carbonyl (C=O) groups excluding carboxylic acids is 1. The fourth-order valence-corrected chi connectivity index (χ4v) is 5.56. The lowest BCUT2D eigenvalue weighted by molar-refractivity contribution is 0.0735. The molecule has 1 N–H and O–H groups in total. The Bertz CT molecular complexity index is 1200. The molecule has 0 fully saturated rings. The standard InChI is InChI=1S/C23H24N2O4S2/c1-3-29-19-7-5-18(6-8-19)24-31(27,28)20-9-4-16(2)21(14-20)23(26)25-12-10-22-17(15-25)11-13-30-22/h4-9,11,13-14,24H,3,10,12,15H2,1-2H3. The van der Waals surface area contributed by atoms with Gasteiger partial charge in [0, 0.05) is 29.2 Å². The quantitative estimate of drug-likeness (QED) is 0.594. The van der Waals surface area contributed by atoms with Gasteiger partial charge < -0.3 is 9.64 Å². The van der Waals surface area contributed by atoms with Gasteiger partial charge in [0.25, 0.3) is 15.9 Å². The lowest BCUT2D eigenvalue weighted by Crippen LogP contribution is -2.35. The molecule has 31 heavy (non-hydrogen) atoms. The van der Waals surface area contributed by atoms with Crippen LogP contribution in [0.5, 0.6) is 5.75 Å². The van der Waals surface area contributed by atoms with Crippen LogP contribution >= 0.6 is 11.3 Å². The van der Waals surface area contributed by atoms with Crippen molar-refractivity contribution in [3.8, 4) is 5.75 Å². The topological polar surface area (TPSA) is 75.7 Å². The maximum absolute atomic E-state index is 13.2. The molecule has 0 saturated heterocycles. The van der Waals surface area contributed by atoms with Crippen LogP contribution in [0.1, 0.15) is 33.3 Å². The molecule has 0 atom stereocenters. The maximum atomic E-state index is 13.2. The molecule has 0 unspecified atom stereocenters. The Morgan fingerprint density at radius 2 is 1.94 bits per heavy atom. The number of carbonyl (C=O) groups is 1. The van der Waals surface area contributed by atoms with Crippen molar-refractivity contribution in [2.75, 3.05) is 17.9 Å². The largest absolute Gasteiger partial charge is 0.494 e. The van der Waals surface area contributed by atoms with Crippen LogP contribution in [0.2, 0.25) is 0 Å². The van der Waals surface area contributed by atoms with Gasteiger partial charge in [0.05, 0.1) is 11.5 Å². The van der Waals surface area contributed by atoms with Gasteiger partial charge in [-0.05, 0) is 79.2 Å².